The maximum absolute atomic E-state index is 12.9. The molecule has 0 radical (unpaired) electrons. The number of hydrogen-bond donors (Lipinski definition) is 1. The first-order chi connectivity index (χ1) is 12.1. The Bertz CT molecular complexity index is 923. The van der Waals surface area contributed by atoms with Crippen molar-refractivity contribution in [2.45, 2.75) is 24.5 Å². The molecule has 0 aliphatic heterocycles. The average Bonchev–Trinajstić information content (AvgIpc) is 2.57. The minimum Gasteiger partial charge on any atom is -0.347 e. The van der Waals surface area contributed by atoms with Gasteiger partial charge in [-0.1, -0.05) is 12.1 Å². The number of aryl methyl sites for hydroxylation is 2. The Balaban J connectivity index is 2.45. The molecular formula is C16H18F2N4O3S. The first kappa shape index (κ1) is 19.7. The van der Waals surface area contributed by atoms with Crippen molar-refractivity contribution in [2.75, 3.05) is 24.3 Å². The summed E-state index contributed by atoms with van der Waals surface area (Å²) in [4.78, 5) is 22.0. The minimum atomic E-state index is -4.92. The van der Waals surface area contributed by atoms with E-state index in [4.69, 9.17) is 0 Å². The second-order valence-electron chi connectivity index (χ2n) is 5.72. The van der Waals surface area contributed by atoms with Gasteiger partial charge < -0.3 is 10.2 Å². The molecule has 0 saturated carbocycles. The van der Waals surface area contributed by atoms with E-state index in [0.717, 1.165) is 6.07 Å². The molecule has 26 heavy (non-hydrogen) atoms. The third kappa shape index (κ3) is 3.79. The van der Waals surface area contributed by atoms with Crippen LogP contribution >= 0.6 is 0 Å². The van der Waals surface area contributed by atoms with Crippen LogP contribution in [-0.2, 0) is 9.84 Å². The number of amides is 1. The van der Waals surface area contributed by atoms with Gasteiger partial charge in [0.25, 0.3) is 5.91 Å². The minimum absolute atomic E-state index is 0.296. The van der Waals surface area contributed by atoms with Gasteiger partial charge in [0.1, 0.15) is 0 Å². The van der Waals surface area contributed by atoms with Crippen molar-refractivity contribution < 1.29 is 22.0 Å². The van der Waals surface area contributed by atoms with Gasteiger partial charge in [-0.15, -0.1) is 0 Å². The lowest BCUT2D eigenvalue weighted by atomic mass is 10.2. The summed E-state index contributed by atoms with van der Waals surface area (Å²) in [6.07, 6.45) is 0. The lowest BCUT2D eigenvalue weighted by Crippen LogP contribution is -2.21. The number of alkyl halides is 2. The third-order valence-corrected chi connectivity index (χ3v) is 5.01. The maximum atomic E-state index is 12.9. The number of aromatic nitrogens is 2. The van der Waals surface area contributed by atoms with Gasteiger partial charge in [-0.05, 0) is 26.0 Å². The van der Waals surface area contributed by atoms with Crippen LogP contribution in [0.1, 0.15) is 21.7 Å². The van der Waals surface area contributed by atoms with Gasteiger partial charge in [-0.3, -0.25) is 4.79 Å². The van der Waals surface area contributed by atoms with Gasteiger partial charge >= 0.3 is 5.76 Å². The van der Waals surface area contributed by atoms with E-state index < -0.39 is 26.4 Å². The monoisotopic (exact) mass is 384 g/mol. The average molecular weight is 384 g/mol. The molecule has 0 aliphatic carbocycles. The molecule has 2 rings (SSSR count). The number of rotatable bonds is 5. The number of sulfone groups is 1. The second kappa shape index (κ2) is 7.32. The van der Waals surface area contributed by atoms with Crippen LogP contribution in [0.5, 0.6) is 0 Å². The fourth-order valence-corrected chi connectivity index (χ4v) is 3.19. The van der Waals surface area contributed by atoms with Gasteiger partial charge in [0.15, 0.2) is 0 Å². The summed E-state index contributed by atoms with van der Waals surface area (Å²) in [6, 6.07) is 4.81. The van der Waals surface area contributed by atoms with Crippen LogP contribution < -0.4 is 10.2 Å². The van der Waals surface area contributed by atoms with E-state index in [0.29, 0.717) is 23.0 Å². The predicted octanol–water partition coefficient (Wildman–Crippen LogP) is 2.41. The standard InChI is InChI=1S/C16H18F2N4O3S/c1-9-13(10(2)20-16(19-9)22(3)4)21-14(23)11-7-5-6-8-12(11)26(24,25)15(17)18/h5-8,15H,1-4H3,(H,21,23). The Labute approximate surface area is 150 Å². The summed E-state index contributed by atoms with van der Waals surface area (Å²) in [6.45, 7) is 3.30. The van der Waals surface area contributed by atoms with Gasteiger partial charge in [-0.2, -0.15) is 8.78 Å². The van der Waals surface area contributed by atoms with Crippen LogP contribution in [0.3, 0.4) is 0 Å². The number of carbonyl (C=O) groups is 1. The van der Waals surface area contributed by atoms with Crippen molar-refractivity contribution in [1.82, 2.24) is 9.97 Å². The molecule has 1 amide bonds. The molecule has 0 saturated heterocycles. The quantitative estimate of drug-likeness (QED) is 0.851. The zero-order chi connectivity index (χ0) is 19.6. The summed E-state index contributed by atoms with van der Waals surface area (Å²) in [7, 11) is -1.39. The lowest BCUT2D eigenvalue weighted by molar-refractivity contribution is 0.102. The summed E-state index contributed by atoms with van der Waals surface area (Å²) < 4.78 is 49.4. The molecule has 1 N–H and O–H groups in total. The number of nitrogens with zero attached hydrogens (tertiary/aromatic N) is 3. The van der Waals surface area contributed by atoms with Gasteiger partial charge in [0.05, 0.1) is 27.5 Å². The molecule has 0 unspecified atom stereocenters. The molecule has 0 aliphatic rings. The fraction of sp³-hybridized carbons (Fsp3) is 0.312. The Hall–Kier alpha value is -2.62. The first-order valence-electron chi connectivity index (χ1n) is 7.50. The molecule has 0 spiro atoms. The highest BCUT2D eigenvalue weighted by Gasteiger charge is 2.31. The molecule has 140 valence electrons. The van der Waals surface area contributed by atoms with Crippen molar-refractivity contribution in [3.05, 3.63) is 41.2 Å². The number of carbonyl (C=O) groups excluding carboxylic acids is 1. The van der Waals surface area contributed by atoms with E-state index in [-0.39, 0.29) is 5.56 Å². The number of halogens is 2. The van der Waals surface area contributed by atoms with Crippen LogP contribution in [0.2, 0.25) is 0 Å². The van der Waals surface area contributed by atoms with Gasteiger partial charge in [0, 0.05) is 14.1 Å². The van der Waals surface area contributed by atoms with Crippen LogP contribution in [0.4, 0.5) is 20.4 Å². The third-order valence-electron chi connectivity index (χ3n) is 3.57. The Morgan fingerprint density at radius 2 is 1.65 bits per heavy atom. The molecule has 1 heterocycles. The van der Waals surface area contributed by atoms with Crippen molar-refractivity contribution in [1.29, 1.82) is 0 Å². The largest absolute Gasteiger partial charge is 0.347 e. The summed E-state index contributed by atoms with van der Waals surface area (Å²) >= 11 is 0. The number of benzene rings is 1. The zero-order valence-electron chi connectivity index (χ0n) is 14.6. The van der Waals surface area contributed by atoms with Crippen molar-refractivity contribution >= 4 is 27.4 Å². The number of nitrogens with one attached hydrogen (secondary N) is 1. The van der Waals surface area contributed by atoms with Crippen LogP contribution in [-0.4, -0.2) is 44.1 Å². The number of anilines is 2. The fourth-order valence-electron chi connectivity index (χ4n) is 2.26. The molecule has 0 atom stereocenters. The lowest BCUT2D eigenvalue weighted by Gasteiger charge is -2.16. The van der Waals surface area contributed by atoms with E-state index >= 15 is 0 Å². The molecule has 10 heteroatoms. The van der Waals surface area contributed by atoms with Crippen molar-refractivity contribution in [3.63, 3.8) is 0 Å². The molecular weight excluding hydrogens is 366 g/mol. The Kier molecular flexibility index (Phi) is 5.55. The topological polar surface area (TPSA) is 92.3 Å². The first-order valence-corrected chi connectivity index (χ1v) is 9.05. The van der Waals surface area contributed by atoms with Crippen molar-refractivity contribution in [3.8, 4) is 0 Å². The van der Waals surface area contributed by atoms with E-state index in [2.05, 4.69) is 15.3 Å². The van der Waals surface area contributed by atoms with E-state index in [1.807, 2.05) is 0 Å². The van der Waals surface area contributed by atoms with Gasteiger partial charge in [0.2, 0.25) is 15.8 Å². The molecule has 0 fully saturated rings. The molecule has 2 aromatic rings. The highest BCUT2D eigenvalue weighted by Crippen LogP contribution is 2.25. The predicted molar refractivity (Wildman–Crippen MR) is 93.4 cm³/mol. The highest BCUT2D eigenvalue weighted by atomic mass is 32.2. The highest BCUT2D eigenvalue weighted by molar-refractivity contribution is 7.91. The smallest absolute Gasteiger partial charge is 0.341 e. The Morgan fingerprint density at radius 1 is 1.12 bits per heavy atom. The molecule has 1 aromatic heterocycles. The van der Waals surface area contributed by atoms with Crippen molar-refractivity contribution in [2.24, 2.45) is 0 Å². The normalized spacial score (nSPS) is 11.5. The molecule has 1 aromatic carbocycles. The number of hydrogen-bond acceptors (Lipinski definition) is 6. The summed E-state index contributed by atoms with van der Waals surface area (Å²) in [5.74, 6) is -4.02. The summed E-state index contributed by atoms with van der Waals surface area (Å²) in [5.41, 5.74) is 0.848. The van der Waals surface area contributed by atoms with E-state index in [9.17, 15) is 22.0 Å². The van der Waals surface area contributed by atoms with Gasteiger partial charge in [-0.25, -0.2) is 18.4 Å². The summed E-state index contributed by atoms with van der Waals surface area (Å²) in [5, 5.41) is 2.52. The van der Waals surface area contributed by atoms with Crippen LogP contribution in [0.15, 0.2) is 29.2 Å². The second-order valence-corrected chi connectivity index (χ2v) is 7.61. The van der Waals surface area contributed by atoms with E-state index in [1.165, 1.54) is 18.2 Å². The molecule has 7 nitrogen and oxygen atoms in total. The zero-order valence-corrected chi connectivity index (χ0v) is 15.4. The molecule has 0 bridgehead atoms. The maximum Gasteiger partial charge on any atom is 0.341 e. The van der Waals surface area contributed by atoms with Crippen LogP contribution in [0, 0.1) is 13.8 Å². The van der Waals surface area contributed by atoms with E-state index in [1.54, 1.807) is 32.8 Å². The SMILES string of the molecule is Cc1nc(N(C)C)nc(C)c1NC(=O)c1ccccc1S(=O)(=O)C(F)F. The van der Waals surface area contributed by atoms with Crippen LogP contribution in [0.25, 0.3) is 0 Å². The Morgan fingerprint density at radius 3 is 2.15 bits per heavy atom.